The number of likely N-dealkylation sites (N-methyl/N-ethyl adjacent to an activating group) is 1. The van der Waals surface area contributed by atoms with Gasteiger partial charge in [-0.2, -0.15) is 5.10 Å². The van der Waals surface area contributed by atoms with Crippen LogP contribution in [0.2, 0.25) is 5.02 Å². The van der Waals surface area contributed by atoms with E-state index in [4.69, 9.17) is 11.6 Å². The topological polar surface area (TPSA) is 29.9 Å². The van der Waals surface area contributed by atoms with E-state index in [1.807, 2.05) is 25.6 Å². The Kier molecular flexibility index (Phi) is 3.33. The van der Waals surface area contributed by atoms with Crippen LogP contribution < -0.4 is 5.32 Å². The molecule has 1 aromatic rings. The quantitative estimate of drug-likeness (QED) is 0.810. The molecule has 1 heterocycles. The lowest BCUT2D eigenvalue weighted by molar-refractivity contribution is 0.459. The van der Waals surface area contributed by atoms with E-state index < -0.39 is 0 Å². The van der Waals surface area contributed by atoms with Crippen LogP contribution in [0.4, 0.5) is 0 Å². The summed E-state index contributed by atoms with van der Waals surface area (Å²) in [5.74, 6) is 0. The summed E-state index contributed by atoms with van der Waals surface area (Å²) in [4.78, 5) is 0. The maximum absolute atomic E-state index is 6.04. The highest BCUT2D eigenvalue weighted by Gasteiger charge is 2.12. The number of aromatic nitrogens is 2. The first kappa shape index (κ1) is 10.5. The van der Waals surface area contributed by atoms with Gasteiger partial charge < -0.3 is 5.32 Å². The first-order chi connectivity index (χ1) is 6.07. The van der Waals surface area contributed by atoms with E-state index in [0.29, 0.717) is 6.04 Å². The molecule has 1 aromatic heterocycles. The van der Waals surface area contributed by atoms with E-state index in [0.717, 1.165) is 23.0 Å². The Bertz CT molecular complexity index is 293. The second-order valence-corrected chi connectivity index (χ2v) is 3.71. The van der Waals surface area contributed by atoms with Gasteiger partial charge >= 0.3 is 0 Å². The average Bonchev–Trinajstić information content (AvgIpc) is 2.33. The van der Waals surface area contributed by atoms with Gasteiger partial charge in [0.15, 0.2) is 0 Å². The molecule has 3 nitrogen and oxygen atoms in total. The number of halogens is 1. The van der Waals surface area contributed by atoms with Crippen LogP contribution in [0.3, 0.4) is 0 Å². The molecular weight excluding hydrogens is 186 g/mol. The molecule has 1 atom stereocenters. The monoisotopic (exact) mass is 201 g/mol. The molecule has 0 fully saturated rings. The minimum Gasteiger partial charge on any atom is -0.318 e. The molecule has 1 unspecified atom stereocenters. The fraction of sp³-hybridized carbons (Fsp3) is 0.667. The standard InChI is InChI=1S/C9H16ClN3/c1-6(5-11-4)13-8(3)9(10)7(2)12-13/h6,11H,5H2,1-4H3. The van der Waals surface area contributed by atoms with Gasteiger partial charge in [0.1, 0.15) is 0 Å². The molecular formula is C9H16ClN3. The summed E-state index contributed by atoms with van der Waals surface area (Å²) < 4.78 is 1.97. The Balaban J connectivity index is 2.94. The van der Waals surface area contributed by atoms with Crippen molar-refractivity contribution >= 4 is 11.6 Å². The third-order valence-electron chi connectivity index (χ3n) is 2.15. The number of nitrogens with zero attached hydrogens (tertiary/aromatic N) is 2. The molecule has 4 heteroatoms. The molecule has 13 heavy (non-hydrogen) atoms. The van der Waals surface area contributed by atoms with Crippen molar-refractivity contribution in [2.45, 2.75) is 26.8 Å². The molecule has 0 saturated carbocycles. The third kappa shape index (κ3) is 2.03. The zero-order valence-corrected chi connectivity index (χ0v) is 9.31. The number of hydrogen-bond donors (Lipinski definition) is 1. The van der Waals surface area contributed by atoms with E-state index in [-0.39, 0.29) is 0 Å². The Morgan fingerprint density at radius 3 is 2.54 bits per heavy atom. The molecule has 74 valence electrons. The third-order valence-corrected chi connectivity index (χ3v) is 2.70. The Labute approximate surface area is 84.1 Å². The maximum atomic E-state index is 6.04. The van der Waals surface area contributed by atoms with Crippen molar-refractivity contribution < 1.29 is 0 Å². The van der Waals surface area contributed by atoms with Crippen LogP contribution in [0.1, 0.15) is 24.4 Å². The molecule has 0 spiro atoms. The predicted molar refractivity (Wildman–Crippen MR) is 55.3 cm³/mol. The van der Waals surface area contributed by atoms with Crippen molar-refractivity contribution in [2.24, 2.45) is 0 Å². The van der Waals surface area contributed by atoms with Crippen LogP contribution in [0.5, 0.6) is 0 Å². The van der Waals surface area contributed by atoms with Crippen LogP contribution in [0, 0.1) is 13.8 Å². The molecule has 0 radical (unpaired) electrons. The minimum atomic E-state index is 0.344. The van der Waals surface area contributed by atoms with Crippen molar-refractivity contribution in [3.8, 4) is 0 Å². The summed E-state index contributed by atoms with van der Waals surface area (Å²) >= 11 is 6.04. The van der Waals surface area contributed by atoms with E-state index in [2.05, 4.69) is 17.3 Å². The summed E-state index contributed by atoms with van der Waals surface area (Å²) in [5, 5.41) is 8.27. The zero-order chi connectivity index (χ0) is 10.0. The van der Waals surface area contributed by atoms with Gasteiger partial charge in [0.05, 0.1) is 22.5 Å². The normalized spacial score (nSPS) is 13.3. The van der Waals surface area contributed by atoms with Crippen molar-refractivity contribution in [1.82, 2.24) is 15.1 Å². The first-order valence-electron chi connectivity index (χ1n) is 4.43. The second-order valence-electron chi connectivity index (χ2n) is 3.34. The second kappa shape index (κ2) is 4.11. The van der Waals surface area contributed by atoms with E-state index >= 15 is 0 Å². The molecule has 1 N–H and O–H groups in total. The van der Waals surface area contributed by atoms with Crippen LogP contribution in [0.15, 0.2) is 0 Å². The number of nitrogens with one attached hydrogen (secondary N) is 1. The SMILES string of the molecule is CNCC(C)n1nc(C)c(Cl)c1C. The lowest BCUT2D eigenvalue weighted by Crippen LogP contribution is -2.21. The highest BCUT2D eigenvalue weighted by atomic mass is 35.5. The summed E-state index contributed by atoms with van der Waals surface area (Å²) in [6.07, 6.45) is 0. The maximum Gasteiger partial charge on any atom is 0.0844 e. The molecule has 0 bridgehead atoms. The molecule has 0 aliphatic rings. The smallest absolute Gasteiger partial charge is 0.0844 e. The van der Waals surface area contributed by atoms with Crippen molar-refractivity contribution in [2.75, 3.05) is 13.6 Å². The fourth-order valence-corrected chi connectivity index (χ4v) is 1.58. The Hall–Kier alpha value is -0.540. The molecule has 1 rings (SSSR count). The van der Waals surface area contributed by atoms with E-state index in [1.165, 1.54) is 0 Å². The molecule has 0 saturated heterocycles. The van der Waals surface area contributed by atoms with E-state index in [1.54, 1.807) is 0 Å². The molecule has 0 amide bonds. The van der Waals surface area contributed by atoms with Crippen LogP contribution >= 0.6 is 11.6 Å². The van der Waals surface area contributed by atoms with Gasteiger partial charge in [-0.1, -0.05) is 11.6 Å². The van der Waals surface area contributed by atoms with Gasteiger partial charge in [-0.15, -0.1) is 0 Å². The highest BCUT2D eigenvalue weighted by molar-refractivity contribution is 6.31. The van der Waals surface area contributed by atoms with Crippen molar-refractivity contribution in [1.29, 1.82) is 0 Å². The fourth-order valence-electron chi connectivity index (χ4n) is 1.45. The minimum absolute atomic E-state index is 0.344. The van der Waals surface area contributed by atoms with Crippen LogP contribution in [0.25, 0.3) is 0 Å². The highest BCUT2D eigenvalue weighted by Crippen LogP contribution is 2.21. The Morgan fingerprint density at radius 2 is 2.15 bits per heavy atom. The van der Waals surface area contributed by atoms with E-state index in [9.17, 15) is 0 Å². The average molecular weight is 202 g/mol. The summed E-state index contributed by atoms with van der Waals surface area (Å²) in [5.41, 5.74) is 1.95. The first-order valence-corrected chi connectivity index (χ1v) is 4.81. The summed E-state index contributed by atoms with van der Waals surface area (Å²) in [6, 6.07) is 0.344. The number of hydrogen-bond acceptors (Lipinski definition) is 2. The molecule has 0 aliphatic heterocycles. The zero-order valence-electron chi connectivity index (χ0n) is 8.56. The molecule has 0 aliphatic carbocycles. The van der Waals surface area contributed by atoms with Gasteiger partial charge in [0, 0.05) is 6.54 Å². The number of rotatable bonds is 3. The van der Waals surface area contributed by atoms with Gasteiger partial charge in [-0.3, -0.25) is 4.68 Å². The van der Waals surface area contributed by atoms with Crippen LogP contribution in [-0.2, 0) is 0 Å². The summed E-state index contributed by atoms with van der Waals surface area (Å²) in [6.45, 7) is 6.94. The number of aryl methyl sites for hydroxylation is 1. The van der Waals surface area contributed by atoms with Crippen molar-refractivity contribution in [3.63, 3.8) is 0 Å². The van der Waals surface area contributed by atoms with Gasteiger partial charge in [-0.25, -0.2) is 0 Å². The lowest BCUT2D eigenvalue weighted by atomic mass is 10.3. The lowest BCUT2D eigenvalue weighted by Gasteiger charge is -2.13. The van der Waals surface area contributed by atoms with Crippen molar-refractivity contribution in [3.05, 3.63) is 16.4 Å². The van der Waals surface area contributed by atoms with Gasteiger partial charge in [0.2, 0.25) is 0 Å². The largest absolute Gasteiger partial charge is 0.318 e. The van der Waals surface area contributed by atoms with Gasteiger partial charge in [-0.05, 0) is 27.8 Å². The predicted octanol–water partition coefficient (Wildman–Crippen LogP) is 1.93. The van der Waals surface area contributed by atoms with Crippen LogP contribution in [-0.4, -0.2) is 23.4 Å². The summed E-state index contributed by atoms with van der Waals surface area (Å²) in [7, 11) is 1.93. The van der Waals surface area contributed by atoms with Gasteiger partial charge in [0.25, 0.3) is 0 Å². The molecule has 0 aromatic carbocycles. The Morgan fingerprint density at radius 1 is 1.54 bits per heavy atom.